The molecule has 0 aliphatic heterocycles. The molecule has 1 N–H and O–H groups in total. The van der Waals surface area contributed by atoms with Crippen molar-refractivity contribution in [1.29, 1.82) is 0 Å². The molecule has 15 heavy (non-hydrogen) atoms. The molecule has 2 aromatic rings. The highest BCUT2D eigenvalue weighted by atomic mass is 32.1. The van der Waals surface area contributed by atoms with E-state index in [1.807, 2.05) is 0 Å². The molecular weight excluding hydrogens is 217 g/mol. The number of carbonyl (C=O) groups is 1. The van der Waals surface area contributed by atoms with Gasteiger partial charge in [-0.25, -0.2) is 4.39 Å². The van der Waals surface area contributed by atoms with Crippen LogP contribution in [0, 0.1) is 5.82 Å². The number of rotatable bonds is 2. The second-order valence-corrected chi connectivity index (χ2v) is 3.36. The van der Waals surface area contributed by atoms with Crippen molar-refractivity contribution in [3.05, 3.63) is 41.2 Å². The highest BCUT2D eigenvalue weighted by molar-refractivity contribution is 7.03. The Kier molecular flexibility index (Phi) is 2.68. The van der Waals surface area contributed by atoms with Gasteiger partial charge in [-0.15, -0.1) is 5.10 Å². The molecule has 0 bridgehead atoms. The molecule has 1 aromatic carbocycles. The first-order chi connectivity index (χ1) is 7.25. The number of amides is 1. The maximum atomic E-state index is 12.6. The van der Waals surface area contributed by atoms with Crippen LogP contribution in [-0.2, 0) is 0 Å². The number of aromatic nitrogens is 2. The van der Waals surface area contributed by atoms with Crippen LogP contribution in [0.5, 0.6) is 0 Å². The zero-order valence-electron chi connectivity index (χ0n) is 7.48. The maximum Gasteiger partial charge on any atom is 0.277 e. The van der Waals surface area contributed by atoms with Crippen molar-refractivity contribution in [1.82, 2.24) is 9.59 Å². The number of halogens is 1. The molecule has 4 nitrogen and oxygen atoms in total. The molecule has 0 aliphatic rings. The second-order valence-electron chi connectivity index (χ2n) is 2.75. The van der Waals surface area contributed by atoms with Crippen LogP contribution in [0.25, 0.3) is 0 Å². The van der Waals surface area contributed by atoms with Gasteiger partial charge in [0, 0.05) is 11.1 Å². The van der Waals surface area contributed by atoms with Crippen molar-refractivity contribution in [2.75, 3.05) is 5.32 Å². The van der Waals surface area contributed by atoms with E-state index in [0.29, 0.717) is 5.69 Å². The van der Waals surface area contributed by atoms with Crippen molar-refractivity contribution < 1.29 is 9.18 Å². The molecule has 0 saturated carbocycles. The Morgan fingerprint density at radius 1 is 1.33 bits per heavy atom. The fraction of sp³-hybridized carbons (Fsp3) is 0. The van der Waals surface area contributed by atoms with Gasteiger partial charge in [0.1, 0.15) is 5.82 Å². The van der Waals surface area contributed by atoms with Crippen LogP contribution in [0.4, 0.5) is 10.1 Å². The predicted octanol–water partition coefficient (Wildman–Crippen LogP) is 1.93. The zero-order valence-corrected chi connectivity index (χ0v) is 8.29. The summed E-state index contributed by atoms with van der Waals surface area (Å²) < 4.78 is 16.1. The fourth-order valence-corrected chi connectivity index (χ4v) is 1.43. The van der Waals surface area contributed by atoms with Gasteiger partial charge in [-0.05, 0) is 35.8 Å². The summed E-state index contributed by atoms with van der Waals surface area (Å²) in [6.45, 7) is 0. The zero-order chi connectivity index (χ0) is 10.7. The number of nitrogens with zero attached hydrogens (tertiary/aromatic N) is 2. The number of hydrogen-bond acceptors (Lipinski definition) is 4. The molecule has 76 valence electrons. The fourth-order valence-electron chi connectivity index (χ4n) is 0.992. The molecule has 1 heterocycles. The van der Waals surface area contributed by atoms with Crippen LogP contribution >= 0.6 is 11.5 Å². The SMILES string of the molecule is O=C(Nc1ccc(F)cc1)c1csnn1. The second kappa shape index (κ2) is 4.14. The molecular formula is C9H6FN3OS. The first kappa shape index (κ1) is 9.72. The van der Waals surface area contributed by atoms with E-state index in [-0.39, 0.29) is 17.4 Å². The number of nitrogens with one attached hydrogen (secondary N) is 1. The van der Waals surface area contributed by atoms with E-state index in [1.54, 1.807) is 5.38 Å². The predicted molar refractivity (Wildman–Crippen MR) is 54.3 cm³/mol. The third kappa shape index (κ3) is 2.35. The van der Waals surface area contributed by atoms with Crippen LogP contribution in [-0.4, -0.2) is 15.5 Å². The Morgan fingerprint density at radius 2 is 2.07 bits per heavy atom. The van der Waals surface area contributed by atoms with E-state index in [0.717, 1.165) is 11.5 Å². The van der Waals surface area contributed by atoms with Crippen LogP contribution in [0.15, 0.2) is 29.6 Å². The van der Waals surface area contributed by atoms with E-state index in [9.17, 15) is 9.18 Å². The number of benzene rings is 1. The van der Waals surface area contributed by atoms with Crippen LogP contribution in [0.1, 0.15) is 10.5 Å². The van der Waals surface area contributed by atoms with Gasteiger partial charge in [0.25, 0.3) is 5.91 Å². The summed E-state index contributed by atoms with van der Waals surface area (Å²) in [7, 11) is 0. The van der Waals surface area contributed by atoms with E-state index < -0.39 is 0 Å². The van der Waals surface area contributed by atoms with Crippen molar-refractivity contribution in [2.45, 2.75) is 0 Å². The Balaban J connectivity index is 2.09. The van der Waals surface area contributed by atoms with Gasteiger partial charge in [-0.2, -0.15) is 0 Å². The molecule has 0 atom stereocenters. The Morgan fingerprint density at radius 3 is 2.67 bits per heavy atom. The monoisotopic (exact) mass is 223 g/mol. The Bertz CT molecular complexity index is 455. The van der Waals surface area contributed by atoms with Crippen LogP contribution < -0.4 is 5.32 Å². The molecule has 6 heteroatoms. The largest absolute Gasteiger partial charge is 0.321 e. The van der Waals surface area contributed by atoms with Crippen molar-refractivity contribution in [3.63, 3.8) is 0 Å². The van der Waals surface area contributed by atoms with Gasteiger partial charge in [0.15, 0.2) is 5.69 Å². The van der Waals surface area contributed by atoms with Gasteiger partial charge < -0.3 is 5.32 Å². The van der Waals surface area contributed by atoms with Gasteiger partial charge in [-0.3, -0.25) is 4.79 Å². The lowest BCUT2D eigenvalue weighted by molar-refractivity contribution is 0.102. The number of carbonyl (C=O) groups excluding carboxylic acids is 1. The lowest BCUT2D eigenvalue weighted by Crippen LogP contribution is -2.12. The normalized spacial score (nSPS) is 9.93. The van der Waals surface area contributed by atoms with Gasteiger partial charge >= 0.3 is 0 Å². The molecule has 0 spiro atoms. The summed E-state index contributed by atoms with van der Waals surface area (Å²) in [5.41, 5.74) is 0.777. The molecule has 1 aromatic heterocycles. The van der Waals surface area contributed by atoms with Gasteiger partial charge in [0.2, 0.25) is 0 Å². The Hall–Kier alpha value is -1.82. The molecule has 0 unspecified atom stereocenters. The standard InChI is InChI=1S/C9H6FN3OS/c10-6-1-3-7(4-2-6)11-9(14)8-5-15-13-12-8/h1-5H,(H,11,14). The number of hydrogen-bond donors (Lipinski definition) is 1. The van der Waals surface area contributed by atoms with E-state index in [4.69, 9.17) is 0 Å². The van der Waals surface area contributed by atoms with E-state index in [2.05, 4.69) is 14.9 Å². The summed E-state index contributed by atoms with van der Waals surface area (Å²) in [6.07, 6.45) is 0. The van der Waals surface area contributed by atoms with Gasteiger partial charge in [-0.1, -0.05) is 4.49 Å². The minimum absolute atomic E-state index is 0.254. The van der Waals surface area contributed by atoms with Gasteiger partial charge in [0.05, 0.1) is 0 Å². The highest BCUT2D eigenvalue weighted by Crippen LogP contribution is 2.09. The number of anilines is 1. The first-order valence-corrected chi connectivity index (χ1v) is 4.93. The molecule has 2 rings (SSSR count). The lowest BCUT2D eigenvalue weighted by atomic mass is 10.3. The van der Waals surface area contributed by atoms with Crippen LogP contribution in [0.2, 0.25) is 0 Å². The average molecular weight is 223 g/mol. The third-order valence-electron chi connectivity index (χ3n) is 1.69. The van der Waals surface area contributed by atoms with Crippen molar-refractivity contribution >= 4 is 23.1 Å². The molecule has 1 amide bonds. The van der Waals surface area contributed by atoms with Crippen LogP contribution in [0.3, 0.4) is 0 Å². The van der Waals surface area contributed by atoms with E-state index in [1.165, 1.54) is 24.3 Å². The topological polar surface area (TPSA) is 54.9 Å². The first-order valence-electron chi connectivity index (χ1n) is 4.10. The lowest BCUT2D eigenvalue weighted by Gasteiger charge is -2.01. The summed E-state index contributed by atoms with van der Waals surface area (Å²) in [6, 6.07) is 5.50. The minimum atomic E-state index is -0.352. The summed E-state index contributed by atoms with van der Waals surface area (Å²) in [5, 5.41) is 7.72. The van der Waals surface area contributed by atoms with E-state index >= 15 is 0 Å². The molecule has 0 radical (unpaired) electrons. The van der Waals surface area contributed by atoms with Crippen molar-refractivity contribution in [3.8, 4) is 0 Å². The highest BCUT2D eigenvalue weighted by Gasteiger charge is 2.08. The molecule has 0 aliphatic carbocycles. The maximum absolute atomic E-state index is 12.6. The summed E-state index contributed by atoms with van der Waals surface area (Å²) in [4.78, 5) is 11.5. The average Bonchev–Trinajstić information content (AvgIpc) is 2.74. The quantitative estimate of drug-likeness (QED) is 0.846. The third-order valence-corrected chi connectivity index (χ3v) is 2.20. The van der Waals surface area contributed by atoms with Crippen molar-refractivity contribution in [2.24, 2.45) is 0 Å². The molecule has 0 fully saturated rings. The Labute approximate surface area is 88.9 Å². The minimum Gasteiger partial charge on any atom is -0.321 e. The molecule has 0 saturated heterocycles. The summed E-state index contributed by atoms with van der Waals surface area (Å²) >= 11 is 1.10. The smallest absolute Gasteiger partial charge is 0.277 e. The summed E-state index contributed by atoms with van der Waals surface area (Å²) in [5.74, 6) is -0.696.